The van der Waals surface area contributed by atoms with Crippen LogP contribution in [0.15, 0.2) is 12.1 Å². The van der Waals surface area contributed by atoms with Crippen molar-refractivity contribution < 1.29 is 53.9 Å². The van der Waals surface area contributed by atoms with Gasteiger partial charge in [0.25, 0.3) is 5.91 Å². The Labute approximate surface area is 266 Å². The lowest BCUT2D eigenvalue weighted by molar-refractivity contribution is -0.142. The van der Waals surface area contributed by atoms with Crippen LogP contribution in [0.2, 0.25) is 0 Å². The minimum atomic E-state index is -5.01. The molecule has 2 atom stereocenters. The molecule has 0 bridgehead atoms. The first-order valence-corrected chi connectivity index (χ1v) is 16.3. The number of nitrogens with one attached hydrogen (secondary N) is 2. The Kier molecular flexibility index (Phi) is 10.3. The van der Waals surface area contributed by atoms with E-state index in [9.17, 15) is 49.1 Å². The summed E-state index contributed by atoms with van der Waals surface area (Å²) >= 11 is 0. The van der Waals surface area contributed by atoms with Gasteiger partial charge in [0.05, 0.1) is 11.9 Å². The molecule has 47 heavy (non-hydrogen) atoms. The number of carbonyl (C=O) groups excluding carboxylic acids is 3. The zero-order valence-corrected chi connectivity index (χ0v) is 26.7. The van der Waals surface area contributed by atoms with Crippen molar-refractivity contribution in [2.24, 2.45) is 0 Å². The average Bonchev–Trinajstić information content (AvgIpc) is 3.34. The summed E-state index contributed by atoms with van der Waals surface area (Å²) in [6.45, 7) is 3.50. The van der Waals surface area contributed by atoms with Crippen LogP contribution in [0.1, 0.15) is 60.8 Å². The summed E-state index contributed by atoms with van der Waals surface area (Å²) in [5.41, 5.74) is -3.29. The van der Waals surface area contributed by atoms with Crippen molar-refractivity contribution in [2.45, 2.75) is 64.0 Å². The molecular formula is C28H34F6N6O6S. The maximum atomic E-state index is 14.6. The number of carbonyl (C=O) groups is 3. The molecule has 0 aliphatic carbocycles. The number of nitrogens with zero attached hydrogens (tertiary/aromatic N) is 4. The molecule has 2 aliphatic heterocycles. The lowest BCUT2D eigenvalue weighted by atomic mass is 9.96. The number of aromatic nitrogens is 2. The van der Waals surface area contributed by atoms with Crippen LogP contribution in [-0.2, 0) is 38.7 Å². The highest BCUT2D eigenvalue weighted by atomic mass is 32.2. The predicted molar refractivity (Wildman–Crippen MR) is 153 cm³/mol. The summed E-state index contributed by atoms with van der Waals surface area (Å²) in [6, 6.07) is -1.91. The molecule has 2 amide bonds. The Morgan fingerprint density at radius 2 is 1.66 bits per heavy atom. The molecule has 0 radical (unpaired) electrons. The molecular weight excluding hydrogens is 662 g/mol. The Morgan fingerprint density at radius 3 is 2.23 bits per heavy atom. The monoisotopic (exact) mass is 696 g/mol. The minimum Gasteiger partial charge on any atom is -0.444 e. The van der Waals surface area contributed by atoms with Crippen LogP contribution in [0.3, 0.4) is 0 Å². The molecule has 19 heteroatoms. The highest BCUT2D eigenvalue weighted by Crippen LogP contribution is 2.35. The molecule has 12 nitrogen and oxygen atoms in total. The highest BCUT2D eigenvalue weighted by molar-refractivity contribution is 7.88. The summed E-state index contributed by atoms with van der Waals surface area (Å²) in [5.74, 6) is -6.46. The first kappa shape index (κ1) is 36.1. The van der Waals surface area contributed by atoms with Gasteiger partial charge >= 0.3 is 12.3 Å². The number of alkyl halides is 3. The van der Waals surface area contributed by atoms with Gasteiger partial charge in [-0.05, 0) is 38.8 Å². The molecule has 3 heterocycles. The smallest absolute Gasteiger partial charge is 0.435 e. The van der Waals surface area contributed by atoms with E-state index in [0.717, 1.165) is 20.0 Å². The summed E-state index contributed by atoms with van der Waals surface area (Å²) in [4.78, 5) is 44.7. The van der Waals surface area contributed by atoms with Crippen LogP contribution in [0, 0.1) is 17.5 Å². The molecule has 4 rings (SSSR count). The Morgan fingerprint density at radius 1 is 1.04 bits per heavy atom. The van der Waals surface area contributed by atoms with Gasteiger partial charge in [-0.2, -0.15) is 17.5 Å². The zero-order chi connectivity index (χ0) is 35.1. The third kappa shape index (κ3) is 8.61. The van der Waals surface area contributed by atoms with E-state index in [1.165, 1.54) is 0 Å². The number of rotatable bonds is 8. The maximum Gasteiger partial charge on any atom is 0.435 e. The van der Waals surface area contributed by atoms with E-state index in [2.05, 4.69) is 15.6 Å². The summed E-state index contributed by atoms with van der Waals surface area (Å²) in [7, 11) is -3.58. The minimum absolute atomic E-state index is 0.104. The second-order valence-electron chi connectivity index (χ2n) is 12.3. The maximum absolute atomic E-state index is 14.6. The number of hydrogen-bond acceptors (Lipinski definition) is 8. The van der Waals surface area contributed by atoms with Crippen LogP contribution in [0.4, 0.5) is 31.1 Å². The quantitative estimate of drug-likeness (QED) is 0.317. The first-order valence-electron chi connectivity index (χ1n) is 14.4. The second kappa shape index (κ2) is 13.4. The van der Waals surface area contributed by atoms with E-state index in [1.54, 1.807) is 20.8 Å². The molecule has 2 unspecified atom stereocenters. The number of ether oxygens (including phenoxy) is 1. The van der Waals surface area contributed by atoms with E-state index in [-0.39, 0.29) is 32.7 Å². The molecule has 1 aromatic heterocycles. The van der Waals surface area contributed by atoms with Gasteiger partial charge in [0.2, 0.25) is 15.8 Å². The van der Waals surface area contributed by atoms with Gasteiger partial charge in [-0.15, -0.1) is 0 Å². The van der Waals surface area contributed by atoms with Crippen molar-refractivity contribution in [1.29, 1.82) is 0 Å². The SMILES string of the molecule is CC(C)(C)OC(=O)NC(CC(=O)C1CNCc2c(C(F)(F)F)nc(C(=O)N3CCN(S(C)(=O)=O)CC3)n21)Cc1cc(F)c(F)cc1F. The topological polar surface area (TPSA) is 143 Å². The van der Waals surface area contributed by atoms with Gasteiger partial charge in [0.15, 0.2) is 23.1 Å². The normalized spacial score (nSPS) is 18.4. The Hall–Kier alpha value is -3.71. The third-order valence-corrected chi connectivity index (χ3v) is 8.81. The highest BCUT2D eigenvalue weighted by Gasteiger charge is 2.44. The Bertz CT molecular complexity index is 1650. The molecule has 1 aromatic carbocycles. The van der Waals surface area contributed by atoms with E-state index in [0.29, 0.717) is 12.1 Å². The van der Waals surface area contributed by atoms with E-state index in [4.69, 9.17) is 4.74 Å². The zero-order valence-electron chi connectivity index (χ0n) is 25.9. The first-order chi connectivity index (χ1) is 21.7. The molecule has 260 valence electrons. The molecule has 1 saturated heterocycles. The van der Waals surface area contributed by atoms with Gasteiger partial charge in [0, 0.05) is 57.8 Å². The summed E-state index contributed by atoms with van der Waals surface area (Å²) < 4.78 is 115. The van der Waals surface area contributed by atoms with Crippen molar-refractivity contribution in [3.8, 4) is 0 Å². The predicted octanol–water partition coefficient (Wildman–Crippen LogP) is 2.78. The molecule has 0 saturated carbocycles. The molecule has 0 spiro atoms. The van der Waals surface area contributed by atoms with Crippen molar-refractivity contribution in [3.63, 3.8) is 0 Å². The number of benzene rings is 1. The van der Waals surface area contributed by atoms with Crippen LogP contribution in [-0.4, -0.2) is 95.6 Å². The van der Waals surface area contributed by atoms with Crippen LogP contribution >= 0.6 is 0 Å². The van der Waals surface area contributed by atoms with E-state index >= 15 is 0 Å². The molecule has 1 fully saturated rings. The fraction of sp³-hybridized carbons (Fsp3) is 0.571. The number of halogens is 6. The van der Waals surface area contributed by atoms with Gasteiger partial charge < -0.3 is 24.8 Å². The lowest BCUT2D eigenvalue weighted by Gasteiger charge is -2.34. The number of hydrogen-bond donors (Lipinski definition) is 2. The van der Waals surface area contributed by atoms with E-state index in [1.807, 2.05) is 0 Å². The summed E-state index contributed by atoms with van der Waals surface area (Å²) in [5, 5.41) is 5.11. The van der Waals surface area contributed by atoms with Gasteiger partial charge in [-0.3, -0.25) is 9.59 Å². The Balaban J connectivity index is 1.67. The van der Waals surface area contributed by atoms with Crippen LogP contribution < -0.4 is 10.6 Å². The number of Topliss-reactive ketones (excluding diaryl/α,β-unsaturated/α-hetero) is 1. The summed E-state index contributed by atoms with van der Waals surface area (Å²) in [6.07, 6.45) is -6.24. The third-order valence-electron chi connectivity index (χ3n) is 7.50. The van der Waals surface area contributed by atoms with Crippen LogP contribution in [0.5, 0.6) is 0 Å². The van der Waals surface area contributed by atoms with Crippen LogP contribution in [0.25, 0.3) is 0 Å². The number of ketones is 1. The number of sulfonamides is 1. The molecule has 2 N–H and O–H groups in total. The van der Waals surface area contributed by atoms with Gasteiger partial charge in [-0.1, -0.05) is 0 Å². The largest absolute Gasteiger partial charge is 0.444 e. The van der Waals surface area contributed by atoms with Crippen molar-refractivity contribution in [3.05, 3.63) is 52.4 Å². The van der Waals surface area contributed by atoms with Crippen molar-refractivity contribution in [1.82, 2.24) is 29.4 Å². The second-order valence-corrected chi connectivity index (χ2v) is 14.3. The average molecular weight is 697 g/mol. The van der Waals surface area contributed by atoms with Gasteiger partial charge in [0.1, 0.15) is 17.5 Å². The fourth-order valence-corrected chi connectivity index (χ4v) is 6.23. The lowest BCUT2D eigenvalue weighted by Crippen LogP contribution is -2.51. The molecule has 2 aromatic rings. The molecule has 2 aliphatic rings. The number of alkyl carbamates (subject to hydrolysis) is 1. The number of imidazole rings is 1. The number of amides is 2. The van der Waals surface area contributed by atoms with Gasteiger partial charge in [-0.25, -0.2) is 31.4 Å². The van der Waals surface area contributed by atoms with Crippen molar-refractivity contribution in [2.75, 3.05) is 39.0 Å². The van der Waals surface area contributed by atoms with E-state index < -0.39 is 111 Å². The number of fused-ring (bicyclic) bond motifs is 1. The van der Waals surface area contributed by atoms with Crippen molar-refractivity contribution >= 4 is 27.8 Å². The standard InChI is InChI=1S/C28H34F6N6O6S/c1-27(2,3)46-26(43)36-16(9-15-10-18(30)19(31)12-17(15)29)11-22(41)20-13-35-14-21-23(28(32,33)34)37-24(40(20)21)25(42)38-5-7-39(8-6-38)47(4,44)45/h10,12,16,20,35H,5-9,11,13-14H2,1-4H3,(H,36,43). The fourth-order valence-electron chi connectivity index (χ4n) is 5.40. The number of piperazine rings is 1.